The summed E-state index contributed by atoms with van der Waals surface area (Å²) in [6.07, 6.45) is 2.25. The predicted octanol–water partition coefficient (Wildman–Crippen LogP) is 4.85. The molecular weight excluding hydrogens is 430 g/mol. The Kier molecular flexibility index (Phi) is 8.99. The van der Waals surface area contributed by atoms with Gasteiger partial charge in [-0.25, -0.2) is 4.79 Å². The lowest BCUT2D eigenvalue weighted by Crippen LogP contribution is -2.39. The van der Waals surface area contributed by atoms with Crippen molar-refractivity contribution < 1.29 is 9.53 Å². The second-order valence-electron chi connectivity index (χ2n) is 8.05. The Morgan fingerprint density at radius 3 is 2.45 bits per heavy atom. The highest BCUT2D eigenvalue weighted by Gasteiger charge is 2.21. The van der Waals surface area contributed by atoms with Crippen molar-refractivity contribution in [3.63, 3.8) is 0 Å². The van der Waals surface area contributed by atoms with E-state index in [0.29, 0.717) is 18.0 Å². The lowest BCUT2D eigenvalue weighted by atomic mass is 9.91. The molecule has 1 heterocycles. The van der Waals surface area contributed by atoms with Gasteiger partial charge >= 0.3 is 6.03 Å². The summed E-state index contributed by atoms with van der Waals surface area (Å²) in [5, 5.41) is 2.70. The molecule has 2 atom stereocenters. The van der Waals surface area contributed by atoms with Gasteiger partial charge in [0.15, 0.2) is 0 Å². The molecule has 3 N–H and O–H groups in total. The first-order valence-electron chi connectivity index (χ1n) is 10.1. The highest BCUT2D eigenvalue weighted by atomic mass is 79.9. The number of amides is 2. The topological polar surface area (TPSA) is 67.6 Å². The molecule has 2 amide bonds. The summed E-state index contributed by atoms with van der Waals surface area (Å²) in [4.78, 5) is 14.0. The van der Waals surface area contributed by atoms with Crippen molar-refractivity contribution in [3.8, 4) is 5.75 Å². The number of ether oxygens (including phenoxy) is 1. The van der Waals surface area contributed by atoms with E-state index in [9.17, 15) is 4.79 Å². The van der Waals surface area contributed by atoms with Gasteiger partial charge in [0, 0.05) is 19.6 Å². The molecule has 1 aliphatic rings. The van der Waals surface area contributed by atoms with Gasteiger partial charge in [-0.3, -0.25) is 0 Å². The van der Waals surface area contributed by atoms with E-state index in [-0.39, 0.29) is 17.0 Å². The van der Waals surface area contributed by atoms with Gasteiger partial charge in [-0.2, -0.15) is 0 Å². The zero-order valence-corrected chi connectivity index (χ0v) is 19.0. The molecule has 2 aromatic rings. The summed E-state index contributed by atoms with van der Waals surface area (Å²) in [6, 6.07) is 15.3. The van der Waals surface area contributed by atoms with Crippen LogP contribution >= 0.6 is 17.0 Å². The number of anilines is 1. The van der Waals surface area contributed by atoms with Crippen LogP contribution in [0, 0.1) is 11.8 Å². The minimum absolute atomic E-state index is 0. The number of hydrogen-bond acceptors (Lipinski definition) is 3. The molecule has 158 valence electrons. The van der Waals surface area contributed by atoms with E-state index < -0.39 is 6.03 Å². The van der Waals surface area contributed by atoms with Crippen LogP contribution in [0.1, 0.15) is 31.4 Å². The molecule has 0 radical (unpaired) electrons. The predicted molar refractivity (Wildman–Crippen MR) is 124 cm³/mol. The molecule has 2 aromatic carbocycles. The number of piperidine rings is 1. The van der Waals surface area contributed by atoms with Gasteiger partial charge in [0.05, 0.1) is 5.69 Å². The van der Waals surface area contributed by atoms with Gasteiger partial charge in [0.2, 0.25) is 0 Å². The van der Waals surface area contributed by atoms with Crippen LogP contribution in [0.2, 0.25) is 0 Å². The molecule has 0 aliphatic carbocycles. The molecule has 3 rings (SSSR count). The van der Waals surface area contributed by atoms with Crippen LogP contribution in [0.3, 0.4) is 0 Å². The molecule has 0 bridgehead atoms. The standard InChI is InChI=1S/C23H31N3O2.BrH/c1-17-12-18(2)15-26(14-17)11-10-19-8-9-22(21(13-19)25-23(24)27)28-16-20-6-4-3-5-7-20;/h3-9,13,17-18H,10-12,14-16H2,1-2H3,(H3,24,25,27);1H. The number of likely N-dealkylation sites (tertiary alicyclic amines) is 1. The molecule has 5 nitrogen and oxygen atoms in total. The van der Waals surface area contributed by atoms with Gasteiger partial charge < -0.3 is 20.7 Å². The number of carbonyl (C=O) groups is 1. The number of benzene rings is 2. The minimum atomic E-state index is -0.583. The number of nitrogens with two attached hydrogens (primary N) is 1. The van der Waals surface area contributed by atoms with E-state index >= 15 is 0 Å². The molecule has 1 fully saturated rings. The van der Waals surface area contributed by atoms with E-state index in [4.69, 9.17) is 10.5 Å². The highest BCUT2D eigenvalue weighted by molar-refractivity contribution is 8.93. The summed E-state index contributed by atoms with van der Waals surface area (Å²) < 4.78 is 5.92. The average Bonchev–Trinajstić information content (AvgIpc) is 2.65. The Bertz CT molecular complexity index is 775. The average molecular weight is 462 g/mol. The Hall–Kier alpha value is -2.05. The maximum absolute atomic E-state index is 11.4. The molecule has 0 aromatic heterocycles. The third-order valence-corrected chi connectivity index (χ3v) is 5.20. The van der Waals surface area contributed by atoms with Gasteiger partial charge in [0.1, 0.15) is 12.4 Å². The van der Waals surface area contributed by atoms with Crippen LogP contribution in [0.25, 0.3) is 0 Å². The van der Waals surface area contributed by atoms with Gasteiger partial charge in [-0.05, 0) is 47.9 Å². The van der Waals surface area contributed by atoms with Crippen molar-refractivity contribution in [2.24, 2.45) is 17.6 Å². The molecular formula is C23H32BrN3O2. The van der Waals surface area contributed by atoms with E-state index in [0.717, 1.165) is 43.5 Å². The van der Waals surface area contributed by atoms with Crippen LogP contribution in [0.4, 0.5) is 10.5 Å². The van der Waals surface area contributed by atoms with Crippen LogP contribution < -0.4 is 15.8 Å². The Morgan fingerprint density at radius 1 is 1.10 bits per heavy atom. The van der Waals surface area contributed by atoms with Crippen molar-refractivity contribution in [1.29, 1.82) is 0 Å². The smallest absolute Gasteiger partial charge is 0.316 e. The lowest BCUT2D eigenvalue weighted by molar-refractivity contribution is 0.142. The van der Waals surface area contributed by atoms with E-state index in [2.05, 4.69) is 30.1 Å². The second-order valence-corrected chi connectivity index (χ2v) is 8.05. The molecule has 6 heteroatoms. The number of primary amides is 1. The Balaban J connectivity index is 0.00000300. The number of nitrogens with one attached hydrogen (secondary N) is 1. The zero-order chi connectivity index (χ0) is 19.9. The third-order valence-electron chi connectivity index (χ3n) is 5.20. The Morgan fingerprint density at radius 2 is 1.79 bits per heavy atom. The number of carbonyl (C=O) groups excluding carboxylic acids is 1. The quantitative estimate of drug-likeness (QED) is 0.618. The maximum atomic E-state index is 11.4. The molecule has 1 saturated heterocycles. The SMILES string of the molecule is Br.CC1CC(C)CN(CCc2ccc(OCc3ccccc3)c(NC(N)=O)c2)C1. The van der Waals surface area contributed by atoms with Crippen molar-refractivity contribution >= 4 is 28.7 Å². The molecule has 29 heavy (non-hydrogen) atoms. The fourth-order valence-electron chi connectivity index (χ4n) is 4.09. The van der Waals surface area contributed by atoms with Crippen LogP contribution in [0.5, 0.6) is 5.75 Å². The summed E-state index contributed by atoms with van der Waals surface area (Å²) in [5.41, 5.74) is 8.23. The van der Waals surface area contributed by atoms with Crippen molar-refractivity contribution in [2.45, 2.75) is 33.3 Å². The normalized spacial score (nSPS) is 19.2. The number of urea groups is 1. The van der Waals surface area contributed by atoms with Crippen LogP contribution in [-0.2, 0) is 13.0 Å². The zero-order valence-electron chi connectivity index (χ0n) is 17.3. The van der Waals surface area contributed by atoms with Gasteiger partial charge in [0.25, 0.3) is 0 Å². The second kappa shape index (κ2) is 11.2. The number of hydrogen-bond donors (Lipinski definition) is 2. The summed E-state index contributed by atoms with van der Waals surface area (Å²) in [7, 11) is 0. The maximum Gasteiger partial charge on any atom is 0.316 e. The first-order valence-corrected chi connectivity index (χ1v) is 10.1. The van der Waals surface area contributed by atoms with E-state index in [1.807, 2.05) is 42.5 Å². The molecule has 2 unspecified atom stereocenters. The molecule has 0 saturated carbocycles. The first kappa shape index (κ1) is 23.2. The van der Waals surface area contributed by atoms with Crippen molar-refractivity contribution in [3.05, 3.63) is 59.7 Å². The summed E-state index contributed by atoms with van der Waals surface area (Å²) in [6.45, 7) is 8.45. The minimum Gasteiger partial charge on any atom is -0.487 e. The van der Waals surface area contributed by atoms with Gasteiger partial charge in [-0.15, -0.1) is 17.0 Å². The number of rotatable bonds is 7. The Labute approximate surface area is 184 Å². The fourth-order valence-corrected chi connectivity index (χ4v) is 4.09. The van der Waals surface area contributed by atoms with E-state index in [1.165, 1.54) is 12.0 Å². The van der Waals surface area contributed by atoms with Crippen LogP contribution in [0.15, 0.2) is 48.5 Å². The van der Waals surface area contributed by atoms with Crippen molar-refractivity contribution in [1.82, 2.24) is 4.90 Å². The van der Waals surface area contributed by atoms with E-state index in [1.54, 1.807) is 0 Å². The molecule has 1 aliphatic heterocycles. The molecule has 0 spiro atoms. The van der Waals surface area contributed by atoms with Crippen LogP contribution in [-0.4, -0.2) is 30.6 Å². The fraction of sp³-hybridized carbons (Fsp3) is 0.435. The first-order chi connectivity index (χ1) is 13.5. The van der Waals surface area contributed by atoms with Gasteiger partial charge in [-0.1, -0.05) is 50.2 Å². The lowest BCUT2D eigenvalue weighted by Gasteiger charge is -2.35. The number of halogens is 1. The number of nitrogens with zero attached hydrogens (tertiary/aromatic N) is 1. The van der Waals surface area contributed by atoms with Crippen molar-refractivity contribution in [2.75, 3.05) is 25.0 Å². The monoisotopic (exact) mass is 461 g/mol. The third kappa shape index (κ3) is 7.37. The summed E-state index contributed by atoms with van der Waals surface area (Å²) >= 11 is 0. The largest absolute Gasteiger partial charge is 0.487 e. The summed E-state index contributed by atoms with van der Waals surface area (Å²) in [5.74, 6) is 2.14. The highest BCUT2D eigenvalue weighted by Crippen LogP contribution is 2.28.